The third-order valence-electron chi connectivity index (χ3n) is 2.06. The maximum atomic E-state index is 5.63. The van der Waals surface area contributed by atoms with E-state index < -0.39 is 0 Å². The Morgan fingerprint density at radius 3 is 2.94 bits per heavy atom. The highest BCUT2D eigenvalue weighted by molar-refractivity contribution is 7.98. The molecular formula is C14H18N2OS. The van der Waals surface area contributed by atoms with Crippen LogP contribution >= 0.6 is 11.8 Å². The highest BCUT2D eigenvalue weighted by Crippen LogP contribution is 2.14. The van der Waals surface area contributed by atoms with Crippen LogP contribution in [-0.2, 0) is 12.3 Å². The summed E-state index contributed by atoms with van der Waals surface area (Å²) in [6.45, 7) is 1.32. The first-order valence-electron chi connectivity index (χ1n) is 5.86. The van der Waals surface area contributed by atoms with Gasteiger partial charge < -0.3 is 15.5 Å². The van der Waals surface area contributed by atoms with Crippen molar-refractivity contribution in [1.29, 1.82) is 0 Å². The second-order valence-electron chi connectivity index (χ2n) is 3.57. The summed E-state index contributed by atoms with van der Waals surface area (Å²) >= 11 is 1.77. The van der Waals surface area contributed by atoms with Crippen LogP contribution in [0.2, 0.25) is 0 Å². The van der Waals surface area contributed by atoms with Crippen LogP contribution in [0.3, 0.4) is 0 Å². The Kier molecular flexibility index (Phi) is 7.72. The minimum atomic E-state index is 0.616. The summed E-state index contributed by atoms with van der Waals surface area (Å²) in [4.78, 5) is 0. The van der Waals surface area contributed by atoms with Gasteiger partial charge in [0.05, 0.1) is 12.3 Å². The Morgan fingerprint density at radius 2 is 2.17 bits per heavy atom. The average Bonchev–Trinajstić information content (AvgIpc) is 2.82. The molecule has 0 saturated heterocycles. The van der Waals surface area contributed by atoms with Crippen molar-refractivity contribution in [2.24, 2.45) is 5.73 Å². The number of nitrogens with one attached hydrogen (secondary N) is 1. The third-order valence-corrected chi connectivity index (χ3v) is 3.07. The summed E-state index contributed by atoms with van der Waals surface area (Å²) in [5, 5.41) is 2.99. The highest BCUT2D eigenvalue weighted by atomic mass is 32.2. The van der Waals surface area contributed by atoms with Gasteiger partial charge in [-0.2, -0.15) is 11.8 Å². The van der Waals surface area contributed by atoms with Crippen LogP contribution in [0.5, 0.6) is 0 Å². The van der Waals surface area contributed by atoms with Crippen molar-refractivity contribution >= 4 is 11.8 Å². The van der Waals surface area contributed by atoms with Crippen LogP contribution in [0.15, 0.2) is 16.5 Å². The Morgan fingerprint density at radius 1 is 1.33 bits per heavy atom. The fraction of sp³-hybridized carbons (Fsp3) is 0.429. The van der Waals surface area contributed by atoms with Crippen LogP contribution in [0.4, 0.5) is 0 Å². The Balaban J connectivity index is 2.22. The van der Waals surface area contributed by atoms with E-state index in [-0.39, 0.29) is 0 Å². The summed E-state index contributed by atoms with van der Waals surface area (Å²) in [5.41, 5.74) is 5.42. The molecule has 4 heteroatoms. The SMILES string of the molecule is C#CCCC#CNCc1ccc(CSCCN)o1. The zero-order valence-electron chi connectivity index (χ0n) is 10.4. The van der Waals surface area contributed by atoms with Gasteiger partial charge in [-0.1, -0.05) is 5.92 Å². The molecule has 18 heavy (non-hydrogen) atoms. The zero-order valence-corrected chi connectivity index (χ0v) is 11.2. The Hall–Kier alpha value is -1.49. The van der Waals surface area contributed by atoms with E-state index in [2.05, 4.69) is 23.2 Å². The molecule has 96 valence electrons. The van der Waals surface area contributed by atoms with Crippen LogP contribution in [0.1, 0.15) is 24.4 Å². The standard InChI is InChI=1S/C14H18N2OS/c1-2-3-4-5-9-16-11-13-6-7-14(17-13)12-18-10-8-15/h1,6-7,16H,3-4,8,10-12,15H2. The molecule has 0 spiro atoms. The molecule has 0 atom stereocenters. The molecule has 0 unspecified atom stereocenters. The van der Waals surface area contributed by atoms with Crippen LogP contribution in [0.25, 0.3) is 0 Å². The smallest absolute Gasteiger partial charge is 0.123 e. The van der Waals surface area contributed by atoms with E-state index in [9.17, 15) is 0 Å². The van der Waals surface area contributed by atoms with Gasteiger partial charge in [0.15, 0.2) is 0 Å². The second kappa shape index (κ2) is 9.53. The normalized spacial score (nSPS) is 9.33. The summed E-state index contributed by atoms with van der Waals surface area (Å²) in [6, 6.07) is 6.81. The molecule has 0 bridgehead atoms. The lowest BCUT2D eigenvalue weighted by Crippen LogP contribution is -2.03. The molecule has 0 amide bonds. The van der Waals surface area contributed by atoms with Crippen LogP contribution in [0, 0.1) is 24.3 Å². The number of nitrogens with two attached hydrogens (primary N) is 1. The molecule has 0 saturated carbocycles. The third kappa shape index (κ3) is 6.30. The van der Waals surface area contributed by atoms with Gasteiger partial charge >= 0.3 is 0 Å². The summed E-state index contributed by atoms with van der Waals surface area (Å²) < 4.78 is 5.63. The molecule has 0 aromatic carbocycles. The van der Waals surface area contributed by atoms with Crippen molar-refractivity contribution in [3.63, 3.8) is 0 Å². The van der Waals surface area contributed by atoms with Crippen LogP contribution < -0.4 is 11.1 Å². The van der Waals surface area contributed by atoms with Gasteiger partial charge in [0, 0.05) is 31.2 Å². The maximum absolute atomic E-state index is 5.63. The van der Waals surface area contributed by atoms with Gasteiger partial charge in [-0.05, 0) is 12.1 Å². The number of furan rings is 1. The molecule has 0 aliphatic heterocycles. The van der Waals surface area contributed by atoms with Crippen LogP contribution in [-0.4, -0.2) is 12.3 Å². The van der Waals surface area contributed by atoms with E-state index in [0.29, 0.717) is 19.5 Å². The van der Waals surface area contributed by atoms with Crippen molar-refractivity contribution in [2.75, 3.05) is 12.3 Å². The first kappa shape index (κ1) is 14.6. The first-order chi connectivity index (χ1) is 8.86. The van der Waals surface area contributed by atoms with Gasteiger partial charge in [-0.25, -0.2) is 0 Å². The quantitative estimate of drug-likeness (QED) is 0.448. The highest BCUT2D eigenvalue weighted by Gasteiger charge is 2.00. The average molecular weight is 262 g/mol. The van der Waals surface area contributed by atoms with Crippen molar-refractivity contribution in [3.8, 4) is 24.3 Å². The van der Waals surface area contributed by atoms with Crippen molar-refractivity contribution in [2.45, 2.75) is 25.1 Å². The van der Waals surface area contributed by atoms with E-state index in [1.165, 1.54) is 0 Å². The lowest BCUT2D eigenvalue weighted by atomic mass is 10.3. The molecule has 3 nitrogen and oxygen atoms in total. The maximum Gasteiger partial charge on any atom is 0.123 e. The Labute approximate surface area is 113 Å². The molecule has 3 N–H and O–H groups in total. The topological polar surface area (TPSA) is 51.2 Å². The van der Waals surface area contributed by atoms with Crippen molar-refractivity contribution < 1.29 is 4.42 Å². The molecule has 1 aromatic heterocycles. The molecular weight excluding hydrogens is 244 g/mol. The lowest BCUT2D eigenvalue weighted by Gasteiger charge is -1.97. The molecule has 0 radical (unpaired) electrons. The monoisotopic (exact) mass is 262 g/mol. The number of thioether (sulfide) groups is 1. The minimum Gasteiger partial charge on any atom is -0.463 e. The van der Waals surface area contributed by atoms with Crippen molar-refractivity contribution in [3.05, 3.63) is 23.7 Å². The number of terminal acetylenes is 1. The summed E-state index contributed by atoms with van der Waals surface area (Å²) in [6.07, 6.45) is 6.54. The van der Waals surface area contributed by atoms with Gasteiger partial charge in [-0.3, -0.25) is 0 Å². The molecule has 1 aromatic rings. The van der Waals surface area contributed by atoms with E-state index in [1.54, 1.807) is 11.8 Å². The fourth-order valence-corrected chi connectivity index (χ4v) is 1.91. The van der Waals surface area contributed by atoms with Gasteiger partial charge in [0.1, 0.15) is 11.5 Å². The predicted octanol–water partition coefficient (Wildman–Crippen LogP) is 1.94. The van der Waals surface area contributed by atoms with E-state index in [1.807, 2.05) is 12.1 Å². The minimum absolute atomic E-state index is 0.616. The van der Waals surface area contributed by atoms with E-state index in [4.69, 9.17) is 16.6 Å². The number of hydrogen-bond acceptors (Lipinski definition) is 4. The van der Waals surface area contributed by atoms with Gasteiger partial charge in [0.25, 0.3) is 0 Å². The number of hydrogen-bond donors (Lipinski definition) is 2. The second-order valence-corrected chi connectivity index (χ2v) is 4.67. The van der Waals surface area contributed by atoms with Crippen molar-refractivity contribution in [1.82, 2.24) is 5.32 Å². The first-order valence-corrected chi connectivity index (χ1v) is 7.02. The molecule has 1 rings (SSSR count). The molecule has 0 fully saturated rings. The summed E-state index contributed by atoms with van der Waals surface area (Å²) in [7, 11) is 0. The van der Waals surface area contributed by atoms with E-state index in [0.717, 1.165) is 29.4 Å². The number of unbranched alkanes of at least 4 members (excludes halogenated alkanes) is 1. The fourth-order valence-electron chi connectivity index (χ4n) is 1.24. The largest absolute Gasteiger partial charge is 0.463 e. The van der Waals surface area contributed by atoms with Gasteiger partial charge in [0.2, 0.25) is 0 Å². The molecule has 1 heterocycles. The van der Waals surface area contributed by atoms with E-state index >= 15 is 0 Å². The molecule has 0 aliphatic carbocycles. The Bertz CT molecular complexity index is 437. The lowest BCUT2D eigenvalue weighted by molar-refractivity contribution is 0.474. The van der Waals surface area contributed by atoms with Gasteiger partial charge in [-0.15, -0.1) is 12.3 Å². The molecule has 0 aliphatic rings. The zero-order chi connectivity index (χ0) is 13.1. The number of rotatable bonds is 7. The predicted molar refractivity (Wildman–Crippen MR) is 76.6 cm³/mol. The summed E-state index contributed by atoms with van der Waals surface area (Å²) in [5.74, 6) is 9.18.